The van der Waals surface area contributed by atoms with Gasteiger partial charge < -0.3 is 9.94 Å². The van der Waals surface area contributed by atoms with Crippen molar-refractivity contribution >= 4 is 39.7 Å². The van der Waals surface area contributed by atoms with Gasteiger partial charge in [-0.25, -0.2) is 0 Å². The van der Waals surface area contributed by atoms with E-state index in [0.29, 0.717) is 16.3 Å². The molecule has 1 atom stereocenters. The van der Waals surface area contributed by atoms with Crippen LogP contribution in [0.5, 0.6) is 5.75 Å². The van der Waals surface area contributed by atoms with E-state index in [4.69, 9.17) is 28.0 Å². The molecule has 0 fully saturated rings. The summed E-state index contributed by atoms with van der Waals surface area (Å²) in [5.74, 6) is 0.0302. The standard InChI is InChI=1S/C20H12Cl2F3NO2/c21-12-7-11(8-13(22)9-12)19(20(23,24)25)10-17(26-28-19)15-5-6-18(27)16-4-2-1-3-14(15)16/h1-9,27H,10H2. The fourth-order valence-corrected chi connectivity index (χ4v) is 3.90. The summed E-state index contributed by atoms with van der Waals surface area (Å²) < 4.78 is 42.3. The van der Waals surface area contributed by atoms with Crippen LogP contribution in [0.15, 0.2) is 59.8 Å². The molecule has 3 nitrogen and oxygen atoms in total. The first kappa shape index (κ1) is 18.9. The summed E-state index contributed by atoms with van der Waals surface area (Å²) in [6.45, 7) is 0. The van der Waals surface area contributed by atoms with Gasteiger partial charge in [-0.3, -0.25) is 0 Å². The van der Waals surface area contributed by atoms with E-state index in [1.165, 1.54) is 30.3 Å². The van der Waals surface area contributed by atoms with Crippen LogP contribution in [-0.2, 0) is 10.4 Å². The second-order valence-electron chi connectivity index (χ2n) is 6.47. The lowest BCUT2D eigenvalue weighted by atomic mass is 9.85. The average Bonchev–Trinajstić information content (AvgIpc) is 3.08. The lowest BCUT2D eigenvalue weighted by Gasteiger charge is -2.29. The average molecular weight is 426 g/mol. The van der Waals surface area contributed by atoms with Gasteiger partial charge in [-0.05, 0) is 35.7 Å². The van der Waals surface area contributed by atoms with Crippen LogP contribution in [0.2, 0.25) is 10.0 Å². The molecule has 1 aliphatic heterocycles. The van der Waals surface area contributed by atoms with Gasteiger partial charge in [0.25, 0.3) is 5.60 Å². The van der Waals surface area contributed by atoms with Crippen molar-refractivity contribution in [2.45, 2.75) is 18.2 Å². The number of alkyl halides is 3. The van der Waals surface area contributed by atoms with Crippen LogP contribution >= 0.6 is 23.2 Å². The van der Waals surface area contributed by atoms with Gasteiger partial charge in [0.1, 0.15) is 5.75 Å². The van der Waals surface area contributed by atoms with Gasteiger partial charge in [0.15, 0.2) is 0 Å². The zero-order valence-corrected chi connectivity index (χ0v) is 15.6. The fraction of sp³-hybridized carbons (Fsp3) is 0.150. The predicted molar refractivity (Wildman–Crippen MR) is 102 cm³/mol. The Bertz CT molecular complexity index is 1090. The Morgan fingerprint density at radius 1 is 0.964 bits per heavy atom. The molecule has 0 saturated carbocycles. The van der Waals surface area contributed by atoms with Crippen LogP contribution in [0.3, 0.4) is 0 Å². The number of nitrogens with zero attached hydrogens (tertiary/aromatic N) is 1. The third-order valence-corrected chi connectivity index (χ3v) is 5.16. The van der Waals surface area contributed by atoms with Crippen molar-refractivity contribution in [3.63, 3.8) is 0 Å². The first-order chi connectivity index (χ1) is 13.2. The molecule has 3 aromatic rings. The van der Waals surface area contributed by atoms with Crippen molar-refractivity contribution in [3.8, 4) is 5.75 Å². The Morgan fingerprint density at radius 2 is 1.61 bits per heavy atom. The van der Waals surface area contributed by atoms with Crippen LogP contribution in [-0.4, -0.2) is 17.0 Å². The summed E-state index contributed by atoms with van der Waals surface area (Å²) in [5.41, 5.74) is -2.35. The molecule has 8 heteroatoms. The summed E-state index contributed by atoms with van der Waals surface area (Å²) in [4.78, 5) is 5.03. The molecule has 0 spiro atoms. The van der Waals surface area contributed by atoms with Crippen LogP contribution in [0.25, 0.3) is 10.8 Å². The number of benzene rings is 3. The molecule has 0 aliphatic carbocycles. The lowest BCUT2D eigenvalue weighted by molar-refractivity contribution is -0.275. The van der Waals surface area contributed by atoms with Gasteiger partial charge in [-0.1, -0.05) is 52.6 Å². The van der Waals surface area contributed by atoms with Crippen molar-refractivity contribution in [1.82, 2.24) is 0 Å². The molecule has 0 bridgehead atoms. The molecular formula is C20H12Cl2F3NO2. The lowest BCUT2D eigenvalue weighted by Crippen LogP contribution is -2.42. The number of phenols is 1. The third-order valence-electron chi connectivity index (χ3n) is 4.73. The van der Waals surface area contributed by atoms with Crippen LogP contribution < -0.4 is 0 Å². The van der Waals surface area contributed by atoms with E-state index >= 15 is 0 Å². The minimum Gasteiger partial charge on any atom is -0.507 e. The summed E-state index contributed by atoms with van der Waals surface area (Å²) in [7, 11) is 0. The molecule has 0 saturated heterocycles. The largest absolute Gasteiger partial charge is 0.507 e. The molecule has 1 N–H and O–H groups in total. The molecule has 0 amide bonds. The number of phenolic OH excluding ortho intramolecular Hbond substituents is 1. The highest BCUT2D eigenvalue weighted by molar-refractivity contribution is 6.34. The highest BCUT2D eigenvalue weighted by atomic mass is 35.5. The van der Waals surface area contributed by atoms with E-state index < -0.39 is 18.2 Å². The monoisotopic (exact) mass is 425 g/mol. The van der Waals surface area contributed by atoms with Gasteiger partial charge in [0.2, 0.25) is 0 Å². The zero-order valence-electron chi connectivity index (χ0n) is 14.1. The number of aromatic hydroxyl groups is 1. The second kappa shape index (κ2) is 6.57. The summed E-state index contributed by atoms with van der Waals surface area (Å²) >= 11 is 11.8. The van der Waals surface area contributed by atoms with E-state index in [1.807, 2.05) is 0 Å². The highest BCUT2D eigenvalue weighted by Gasteiger charge is 2.62. The first-order valence-electron chi connectivity index (χ1n) is 8.21. The quantitative estimate of drug-likeness (QED) is 0.513. The van der Waals surface area contributed by atoms with E-state index in [0.717, 1.165) is 0 Å². The molecule has 0 radical (unpaired) electrons. The number of fused-ring (bicyclic) bond motifs is 1. The van der Waals surface area contributed by atoms with Crippen molar-refractivity contribution in [2.24, 2.45) is 5.16 Å². The fourth-order valence-electron chi connectivity index (χ4n) is 3.37. The normalized spacial score (nSPS) is 19.5. The van der Waals surface area contributed by atoms with Crippen molar-refractivity contribution in [3.05, 3.63) is 75.8 Å². The van der Waals surface area contributed by atoms with E-state index in [2.05, 4.69) is 5.16 Å². The predicted octanol–water partition coefficient (Wildman–Crippen LogP) is 6.43. The Hall–Kier alpha value is -2.44. The third kappa shape index (κ3) is 2.97. The minimum atomic E-state index is -4.76. The number of hydrogen-bond donors (Lipinski definition) is 1. The number of hydrogen-bond acceptors (Lipinski definition) is 3. The van der Waals surface area contributed by atoms with Gasteiger partial charge in [-0.2, -0.15) is 13.2 Å². The SMILES string of the molecule is Oc1ccc(C2=NOC(c3cc(Cl)cc(Cl)c3)(C(F)(F)F)C2)c2ccccc12. The summed E-state index contributed by atoms with van der Waals surface area (Å²) in [6.07, 6.45) is -5.32. The molecule has 28 heavy (non-hydrogen) atoms. The van der Waals surface area contributed by atoms with Crippen LogP contribution in [0, 0.1) is 0 Å². The smallest absolute Gasteiger partial charge is 0.435 e. The zero-order chi connectivity index (χ0) is 20.1. The number of oxime groups is 1. The van der Waals surface area contributed by atoms with Gasteiger partial charge in [-0.15, -0.1) is 0 Å². The molecule has 1 aliphatic rings. The van der Waals surface area contributed by atoms with Gasteiger partial charge >= 0.3 is 6.18 Å². The van der Waals surface area contributed by atoms with E-state index in [-0.39, 0.29) is 27.1 Å². The number of halogens is 5. The molecule has 0 aromatic heterocycles. The Labute approximate surface area is 167 Å². The number of rotatable bonds is 2. The topological polar surface area (TPSA) is 41.8 Å². The maximum Gasteiger partial charge on any atom is 0.435 e. The van der Waals surface area contributed by atoms with Crippen LogP contribution in [0.1, 0.15) is 17.5 Å². The molecule has 1 unspecified atom stereocenters. The first-order valence-corrected chi connectivity index (χ1v) is 8.96. The minimum absolute atomic E-state index is 0.0302. The van der Waals surface area contributed by atoms with Crippen molar-refractivity contribution in [1.29, 1.82) is 0 Å². The Kier molecular flexibility index (Phi) is 4.43. The molecule has 4 rings (SSSR count). The maximum absolute atomic E-state index is 14.1. The van der Waals surface area contributed by atoms with Crippen molar-refractivity contribution in [2.75, 3.05) is 0 Å². The van der Waals surface area contributed by atoms with Crippen LogP contribution in [0.4, 0.5) is 13.2 Å². The van der Waals surface area contributed by atoms with Gasteiger partial charge in [0, 0.05) is 33.0 Å². The highest BCUT2D eigenvalue weighted by Crippen LogP contribution is 2.50. The molecule has 1 heterocycles. The summed E-state index contributed by atoms with van der Waals surface area (Å²) in [6, 6.07) is 13.5. The van der Waals surface area contributed by atoms with E-state index in [1.54, 1.807) is 24.3 Å². The molecular weight excluding hydrogens is 414 g/mol. The summed E-state index contributed by atoms with van der Waals surface area (Å²) in [5, 5.41) is 15.0. The maximum atomic E-state index is 14.1. The van der Waals surface area contributed by atoms with Gasteiger partial charge in [0.05, 0.1) is 5.71 Å². The van der Waals surface area contributed by atoms with E-state index in [9.17, 15) is 18.3 Å². The molecule has 3 aromatic carbocycles. The Balaban J connectivity index is 1.84. The van der Waals surface area contributed by atoms with Crippen molar-refractivity contribution < 1.29 is 23.1 Å². The second-order valence-corrected chi connectivity index (χ2v) is 7.34. The Morgan fingerprint density at radius 3 is 2.25 bits per heavy atom. The molecule has 144 valence electrons.